The van der Waals surface area contributed by atoms with Gasteiger partial charge in [-0.25, -0.2) is 4.39 Å². The molecule has 0 saturated heterocycles. The third kappa shape index (κ3) is 4.61. The number of aryl methyl sites for hydroxylation is 1. The summed E-state index contributed by atoms with van der Waals surface area (Å²) in [5.41, 5.74) is 3.23. The van der Waals surface area contributed by atoms with Gasteiger partial charge >= 0.3 is 0 Å². The number of para-hydroxylation sites is 1. The highest BCUT2D eigenvalue weighted by atomic mass is 19.1. The number of benzene rings is 2. The van der Waals surface area contributed by atoms with Crippen molar-refractivity contribution < 1.29 is 9.18 Å². The number of hydrogen-bond acceptors (Lipinski definition) is 1. The van der Waals surface area contributed by atoms with Crippen LogP contribution in [0, 0.1) is 11.7 Å². The van der Waals surface area contributed by atoms with Gasteiger partial charge in [0.15, 0.2) is 0 Å². The fraction of sp³-hybridized carbons (Fsp3) is 0.375. The lowest BCUT2D eigenvalue weighted by molar-refractivity contribution is -0.121. The minimum absolute atomic E-state index is 0.0308. The molecule has 1 aromatic heterocycles. The minimum Gasteiger partial charge on any atom is -0.356 e. The predicted molar refractivity (Wildman–Crippen MR) is 113 cm³/mol. The van der Waals surface area contributed by atoms with E-state index in [0.29, 0.717) is 18.9 Å². The first-order chi connectivity index (χ1) is 13.5. The van der Waals surface area contributed by atoms with Gasteiger partial charge in [0.2, 0.25) is 5.91 Å². The monoisotopic (exact) mass is 380 g/mol. The summed E-state index contributed by atoms with van der Waals surface area (Å²) in [4.78, 5) is 12.7. The summed E-state index contributed by atoms with van der Waals surface area (Å²) < 4.78 is 15.7. The van der Waals surface area contributed by atoms with Gasteiger partial charge in [-0.15, -0.1) is 0 Å². The lowest BCUT2D eigenvalue weighted by Gasteiger charge is -2.17. The summed E-state index contributed by atoms with van der Waals surface area (Å²) in [7, 11) is 0. The normalized spacial score (nSPS) is 12.5. The fourth-order valence-corrected chi connectivity index (χ4v) is 3.67. The first-order valence-electron chi connectivity index (χ1n) is 10.1. The van der Waals surface area contributed by atoms with Crippen LogP contribution in [0.2, 0.25) is 0 Å². The number of carbonyl (C=O) groups excluding carboxylic acids is 1. The molecule has 1 atom stereocenters. The smallest absolute Gasteiger partial charge is 0.220 e. The van der Waals surface area contributed by atoms with Crippen molar-refractivity contribution in [3.05, 3.63) is 71.7 Å². The zero-order chi connectivity index (χ0) is 20.1. The number of carbonyl (C=O) groups is 1. The van der Waals surface area contributed by atoms with Crippen LogP contribution in [-0.2, 0) is 11.3 Å². The van der Waals surface area contributed by atoms with E-state index in [9.17, 15) is 9.18 Å². The van der Waals surface area contributed by atoms with Gasteiger partial charge in [0.1, 0.15) is 5.82 Å². The molecule has 1 amide bonds. The molecule has 0 spiro atoms. The van der Waals surface area contributed by atoms with Crippen molar-refractivity contribution in [2.45, 2.75) is 46.1 Å². The van der Waals surface area contributed by atoms with Gasteiger partial charge in [-0.2, -0.15) is 0 Å². The predicted octanol–water partition coefficient (Wildman–Crippen LogP) is 5.48. The zero-order valence-corrected chi connectivity index (χ0v) is 16.9. The number of rotatable bonds is 8. The van der Waals surface area contributed by atoms with Crippen molar-refractivity contribution in [2.24, 2.45) is 5.92 Å². The van der Waals surface area contributed by atoms with Crippen LogP contribution in [0.3, 0.4) is 0 Å². The Bertz CT molecular complexity index is 927. The van der Waals surface area contributed by atoms with E-state index in [0.717, 1.165) is 35.0 Å². The lowest BCUT2D eigenvalue weighted by atomic mass is 9.88. The van der Waals surface area contributed by atoms with Gasteiger partial charge in [0.25, 0.3) is 0 Å². The number of amides is 1. The van der Waals surface area contributed by atoms with Crippen molar-refractivity contribution in [3.63, 3.8) is 0 Å². The van der Waals surface area contributed by atoms with Gasteiger partial charge in [-0.1, -0.05) is 44.2 Å². The molecule has 1 unspecified atom stereocenters. The second kappa shape index (κ2) is 9.05. The molecule has 0 aliphatic rings. The molecule has 2 aromatic carbocycles. The molecule has 3 nitrogen and oxygen atoms in total. The van der Waals surface area contributed by atoms with Crippen LogP contribution < -0.4 is 5.32 Å². The first kappa shape index (κ1) is 20.1. The summed E-state index contributed by atoms with van der Waals surface area (Å²) in [6.45, 7) is 7.95. The Balaban J connectivity index is 1.95. The molecule has 3 aromatic rings. The lowest BCUT2D eigenvalue weighted by Crippen LogP contribution is -2.27. The SMILES string of the molecule is CCn1cc(C(CC(=O)NCCC(C)C)c2ccc(F)cc2)c2ccccc21. The molecule has 3 rings (SSSR count). The molecule has 148 valence electrons. The van der Waals surface area contributed by atoms with Crippen molar-refractivity contribution >= 4 is 16.8 Å². The Hall–Kier alpha value is -2.62. The Morgan fingerprint density at radius 3 is 2.50 bits per heavy atom. The Kier molecular flexibility index (Phi) is 6.50. The van der Waals surface area contributed by atoms with E-state index in [2.05, 4.69) is 49.0 Å². The van der Waals surface area contributed by atoms with Gasteiger partial charge in [0.05, 0.1) is 0 Å². The van der Waals surface area contributed by atoms with Gasteiger partial charge in [-0.05, 0) is 48.6 Å². The van der Waals surface area contributed by atoms with Crippen molar-refractivity contribution in [2.75, 3.05) is 6.54 Å². The van der Waals surface area contributed by atoms with Crippen molar-refractivity contribution in [1.82, 2.24) is 9.88 Å². The molecule has 0 aliphatic heterocycles. The van der Waals surface area contributed by atoms with E-state index < -0.39 is 0 Å². The van der Waals surface area contributed by atoms with Crippen LogP contribution >= 0.6 is 0 Å². The van der Waals surface area contributed by atoms with Crippen molar-refractivity contribution in [1.29, 1.82) is 0 Å². The Morgan fingerprint density at radius 1 is 1.11 bits per heavy atom. The van der Waals surface area contributed by atoms with E-state index in [1.165, 1.54) is 12.1 Å². The molecular weight excluding hydrogens is 351 g/mol. The molecule has 0 saturated carbocycles. The summed E-state index contributed by atoms with van der Waals surface area (Å²) in [6, 6.07) is 14.8. The van der Waals surface area contributed by atoms with E-state index in [1.54, 1.807) is 12.1 Å². The third-order valence-corrected chi connectivity index (χ3v) is 5.24. The number of hydrogen-bond donors (Lipinski definition) is 1. The summed E-state index contributed by atoms with van der Waals surface area (Å²) in [6.07, 6.45) is 3.45. The molecule has 1 heterocycles. The van der Waals surface area contributed by atoms with Crippen LogP contribution in [-0.4, -0.2) is 17.0 Å². The number of fused-ring (bicyclic) bond motifs is 1. The number of nitrogens with one attached hydrogen (secondary N) is 1. The maximum atomic E-state index is 13.5. The highest BCUT2D eigenvalue weighted by molar-refractivity contribution is 5.86. The van der Waals surface area contributed by atoms with Crippen LogP contribution in [0.25, 0.3) is 10.9 Å². The Labute approximate surface area is 166 Å². The van der Waals surface area contributed by atoms with E-state index in [1.807, 2.05) is 12.1 Å². The first-order valence-corrected chi connectivity index (χ1v) is 10.1. The fourth-order valence-electron chi connectivity index (χ4n) is 3.67. The minimum atomic E-state index is -0.264. The van der Waals surface area contributed by atoms with Crippen LogP contribution in [0.1, 0.15) is 50.7 Å². The molecule has 4 heteroatoms. The molecule has 0 bridgehead atoms. The van der Waals surface area contributed by atoms with Crippen LogP contribution in [0.5, 0.6) is 0 Å². The summed E-state index contributed by atoms with van der Waals surface area (Å²) >= 11 is 0. The van der Waals surface area contributed by atoms with Gasteiger partial charge in [-0.3, -0.25) is 4.79 Å². The molecule has 28 heavy (non-hydrogen) atoms. The summed E-state index contributed by atoms with van der Waals surface area (Å²) in [5.74, 6) is 0.205. The molecule has 0 fully saturated rings. The highest BCUT2D eigenvalue weighted by Gasteiger charge is 2.22. The highest BCUT2D eigenvalue weighted by Crippen LogP contribution is 2.34. The Morgan fingerprint density at radius 2 is 1.82 bits per heavy atom. The number of halogens is 1. The maximum absolute atomic E-state index is 13.5. The topological polar surface area (TPSA) is 34.0 Å². The molecule has 0 aliphatic carbocycles. The largest absolute Gasteiger partial charge is 0.356 e. The second-order valence-corrected chi connectivity index (χ2v) is 7.73. The van der Waals surface area contributed by atoms with E-state index in [4.69, 9.17) is 0 Å². The number of aromatic nitrogens is 1. The quantitative estimate of drug-likeness (QED) is 0.551. The van der Waals surface area contributed by atoms with Crippen LogP contribution in [0.15, 0.2) is 54.7 Å². The van der Waals surface area contributed by atoms with Gasteiger partial charge in [0, 0.05) is 42.5 Å². The maximum Gasteiger partial charge on any atom is 0.220 e. The average Bonchev–Trinajstić information content (AvgIpc) is 3.05. The summed E-state index contributed by atoms with van der Waals surface area (Å²) in [5, 5.41) is 4.19. The standard InChI is InChI=1S/C24H29FN2O/c1-4-27-16-22(20-7-5-6-8-23(20)27)21(18-9-11-19(25)12-10-18)15-24(28)26-14-13-17(2)3/h5-12,16-17,21H,4,13-15H2,1-3H3,(H,26,28). The van der Waals surface area contributed by atoms with Crippen LogP contribution in [0.4, 0.5) is 4.39 Å². The molecule has 1 N–H and O–H groups in total. The second-order valence-electron chi connectivity index (χ2n) is 7.73. The molecular formula is C24H29FN2O. The third-order valence-electron chi connectivity index (χ3n) is 5.24. The van der Waals surface area contributed by atoms with Gasteiger partial charge < -0.3 is 9.88 Å². The zero-order valence-electron chi connectivity index (χ0n) is 16.9. The average molecular weight is 381 g/mol. The number of nitrogens with zero attached hydrogens (tertiary/aromatic N) is 1. The van der Waals surface area contributed by atoms with E-state index >= 15 is 0 Å². The van der Waals surface area contributed by atoms with E-state index in [-0.39, 0.29) is 17.6 Å². The van der Waals surface area contributed by atoms with Crippen molar-refractivity contribution in [3.8, 4) is 0 Å². The molecule has 0 radical (unpaired) electrons.